The van der Waals surface area contributed by atoms with E-state index in [1.165, 1.54) is 0 Å². The van der Waals surface area contributed by atoms with Gasteiger partial charge in [-0.3, -0.25) is 4.79 Å². The second-order valence-corrected chi connectivity index (χ2v) is 5.91. The van der Waals surface area contributed by atoms with E-state index in [2.05, 4.69) is 5.32 Å². The van der Waals surface area contributed by atoms with Crippen molar-refractivity contribution in [3.8, 4) is 23.0 Å². The summed E-state index contributed by atoms with van der Waals surface area (Å²) in [6.45, 7) is 0.389. The minimum atomic E-state index is -0.229. The number of methoxy groups -OCH3 is 3. The molecule has 1 aromatic carbocycles. The molecular formula is C17H23NO5. The van der Waals surface area contributed by atoms with Crippen LogP contribution in [0.25, 0.3) is 0 Å². The first-order valence-corrected chi connectivity index (χ1v) is 7.95. The van der Waals surface area contributed by atoms with Crippen molar-refractivity contribution < 1.29 is 23.7 Å². The molecule has 1 heterocycles. The minimum Gasteiger partial charge on any atom is -0.493 e. The van der Waals surface area contributed by atoms with Gasteiger partial charge in [0.15, 0.2) is 11.5 Å². The Bertz CT molecular complexity index is 595. The van der Waals surface area contributed by atoms with E-state index < -0.39 is 0 Å². The zero-order chi connectivity index (χ0) is 16.4. The molecule has 0 aromatic heterocycles. The topological polar surface area (TPSA) is 66.0 Å². The molecule has 126 valence electrons. The summed E-state index contributed by atoms with van der Waals surface area (Å²) in [7, 11) is 4.71. The van der Waals surface area contributed by atoms with Gasteiger partial charge in [-0.1, -0.05) is 12.8 Å². The second kappa shape index (κ2) is 6.56. The molecule has 1 atom stereocenters. The summed E-state index contributed by atoms with van der Waals surface area (Å²) in [5, 5.41) is 3.10. The quantitative estimate of drug-likeness (QED) is 0.902. The SMILES string of the molecule is COc1cc2c(c(OC)c1OC)C(NC(=O)C1CCCC1)CO2. The summed E-state index contributed by atoms with van der Waals surface area (Å²) in [6.07, 6.45) is 4.19. The van der Waals surface area contributed by atoms with Crippen LogP contribution in [0.15, 0.2) is 6.07 Å². The number of hydrogen-bond acceptors (Lipinski definition) is 5. The fourth-order valence-electron chi connectivity index (χ4n) is 3.45. The smallest absolute Gasteiger partial charge is 0.223 e. The van der Waals surface area contributed by atoms with E-state index in [-0.39, 0.29) is 17.9 Å². The molecule has 1 amide bonds. The van der Waals surface area contributed by atoms with Crippen LogP contribution in [0, 0.1) is 5.92 Å². The van der Waals surface area contributed by atoms with E-state index in [9.17, 15) is 4.79 Å². The Morgan fingerprint density at radius 3 is 2.43 bits per heavy atom. The average Bonchev–Trinajstić information content (AvgIpc) is 3.23. The Balaban J connectivity index is 1.90. The highest BCUT2D eigenvalue weighted by Crippen LogP contribution is 2.50. The normalized spacial score (nSPS) is 19.9. The lowest BCUT2D eigenvalue weighted by molar-refractivity contribution is -0.125. The molecule has 0 spiro atoms. The third-order valence-corrected chi connectivity index (χ3v) is 4.63. The van der Waals surface area contributed by atoms with Gasteiger partial charge in [0.2, 0.25) is 11.7 Å². The number of nitrogens with one attached hydrogen (secondary N) is 1. The molecule has 2 aliphatic rings. The molecule has 1 N–H and O–H groups in total. The number of amides is 1. The van der Waals surface area contributed by atoms with E-state index in [0.717, 1.165) is 31.2 Å². The number of benzene rings is 1. The maximum Gasteiger partial charge on any atom is 0.223 e. The standard InChI is InChI=1S/C17H23NO5/c1-20-13-8-12-14(16(22-3)15(13)21-2)11(9-23-12)18-17(19)10-6-4-5-7-10/h8,10-11H,4-7,9H2,1-3H3,(H,18,19). The van der Waals surface area contributed by atoms with Crippen molar-refractivity contribution in [3.63, 3.8) is 0 Å². The highest BCUT2D eigenvalue weighted by Gasteiger charge is 2.35. The molecule has 0 radical (unpaired) electrons. The number of carbonyl (C=O) groups excluding carboxylic acids is 1. The van der Waals surface area contributed by atoms with Gasteiger partial charge in [0.05, 0.1) is 32.9 Å². The number of rotatable bonds is 5. The van der Waals surface area contributed by atoms with Crippen molar-refractivity contribution in [1.29, 1.82) is 0 Å². The Labute approximate surface area is 136 Å². The van der Waals surface area contributed by atoms with Crippen molar-refractivity contribution >= 4 is 5.91 Å². The lowest BCUT2D eigenvalue weighted by Crippen LogP contribution is -2.33. The maximum absolute atomic E-state index is 12.4. The summed E-state index contributed by atoms with van der Waals surface area (Å²) < 4.78 is 22.0. The molecule has 1 fully saturated rings. The van der Waals surface area contributed by atoms with Crippen molar-refractivity contribution in [3.05, 3.63) is 11.6 Å². The predicted octanol–water partition coefficient (Wildman–Crippen LogP) is 2.45. The fourth-order valence-corrected chi connectivity index (χ4v) is 3.45. The molecule has 1 saturated carbocycles. The summed E-state index contributed by atoms with van der Waals surface area (Å²) in [5.74, 6) is 2.49. The average molecular weight is 321 g/mol. The van der Waals surface area contributed by atoms with Crippen LogP contribution in [0.4, 0.5) is 0 Å². The molecule has 0 saturated heterocycles. The first-order valence-electron chi connectivity index (χ1n) is 7.95. The number of ether oxygens (including phenoxy) is 4. The van der Waals surface area contributed by atoms with E-state index in [0.29, 0.717) is 29.6 Å². The number of fused-ring (bicyclic) bond motifs is 1. The third-order valence-electron chi connectivity index (χ3n) is 4.63. The van der Waals surface area contributed by atoms with Crippen LogP contribution >= 0.6 is 0 Å². The van der Waals surface area contributed by atoms with Crippen molar-refractivity contribution in [2.45, 2.75) is 31.7 Å². The van der Waals surface area contributed by atoms with Gasteiger partial charge in [0, 0.05) is 12.0 Å². The van der Waals surface area contributed by atoms with Gasteiger partial charge in [0.1, 0.15) is 12.4 Å². The van der Waals surface area contributed by atoms with Crippen LogP contribution in [0.3, 0.4) is 0 Å². The second-order valence-electron chi connectivity index (χ2n) is 5.91. The zero-order valence-electron chi connectivity index (χ0n) is 13.8. The summed E-state index contributed by atoms with van der Waals surface area (Å²) in [6, 6.07) is 1.55. The fraction of sp³-hybridized carbons (Fsp3) is 0.588. The van der Waals surface area contributed by atoms with Crippen LogP contribution in [-0.4, -0.2) is 33.8 Å². The Morgan fingerprint density at radius 2 is 1.83 bits per heavy atom. The van der Waals surface area contributed by atoms with Crippen LogP contribution in [0.2, 0.25) is 0 Å². The summed E-state index contributed by atoms with van der Waals surface area (Å²) >= 11 is 0. The molecule has 0 bridgehead atoms. The van der Waals surface area contributed by atoms with Gasteiger partial charge in [-0.2, -0.15) is 0 Å². The van der Waals surface area contributed by atoms with Crippen molar-refractivity contribution in [1.82, 2.24) is 5.32 Å². The van der Waals surface area contributed by atoms with E-state index in [4.69, 9.17) is 18.9 Å². The van der Waals surface area contributed by atoms with Crippen LogP contribution in [-0.2, 0) is 4.79 Å². The van der Waals surface area contributed by atoms with Crippen LogP contribution < -0.4 is 24.3 Å². The number of hydrogen-bond donors (Lipinski definition) is 1. The van der Waals surface area contributed by atoms with Gasteiger partial charge >= 0.3 is 0 Å². The zero-order valence-corrected chi connectivity index (χ0v) is 13.8. The molecule has 1 unspecified atom stereocenters. The molecule has 1 aromatic rings. The van der Waals surface area contributed by atoms with E-state index in [1.807, 2.05) is 0 Å². The van der Waals surface area contributed by atoms with E-state index in [1.54, 1.807) is 27.4 Å². The molecular weight excluding hydrogens is 298 g/mol. The Morgan fingerprint density at radius 1 is 1.13 bits per heavy atom. The van der Waals surface area contributed by atoms with Gasteiger partial charge in [-0.25, -0.2) is 0 Å². The highest BCUT2D eigenvalue weighted by atomic mass is 16.5. The predicted molar refractivity (Wildman–Crippen MR) is 84.4 cm³/mol. The van der Waals surface area contributed by atoms with E-state index >= 15 is 0 Å². The van der Waals surface area contributed by atoms with Crippen LogP contribution in [0.1, 0.15) is 37.3 Å². The molecule has 1 aliphatic heterocycles. The number of carbonyl (C=O) groups is 1. The van der Waals surface area contributed by atoms with Gasteiger partial charge in [0.25, 0.3) is 0 Å². The molecule has 6 heteroatoms. The summed E-state index contributed by atoms with van der Waals surface area (Å²) in [4.78, 5) is 12.4. The van der Waals surface area contributed by atoms with Gasteiger partial charge < -0.3 is 24.3 Å². The minimum absolute atomic E-state index is 0.0980. The van der Waals surface area contributed by atoms with Gasteiger partial charge in [-0.05, 0) is 12.8 Å². The van der Waals surface area contributed by atoms with Crippen molar-refractivity contribution in [2.24, 2.45) is 5.92 Å². The Kier molecular flexibility index (Phi) is 4.50. The summed E-state index contributed by atoms with van der Waals surface area (Å²) in [5.41, 5.74) is 0.816. The lowest BCUT2D eigenvalue weighted by Gasteiger charge is -2.19. The van der Waals surface area contributed by atoms with Crippen LogP contribution in [0.5, 0.6) is 23.0 Å². The first kappa shape index (κ1) is 15.8. The van der Waals surface area contributed by atoms with Gasteiger partial charge in [-0.15, -0.1) is 0 Å². The molecule has 23 heavy (non-hydrogen) atoms. The third kappa shape index (κ3) is 2.78. The maximum atomic E-state index is 12.4. The first-order chi connectivity index (χ1) is 11.2. The molecule has 3 rings (SSSR count). The Hall–Kier alpha value is -2.11. The van der Waals surface area contributed by atoms with Crippen molar-refractivity contribution in [2.75, 3.05) is 27.9 Å². The lowest BCUT2D eigenvalue weighted by atomic mass is 10.0. The molecule has 1 aliphatic carbocycles. The monoisotopic (exact) mass is 321 g/mol. The highest BCUT2D eigenvalue weighted by molar-refractivity contribution is 5.80. The largest absolute Gasteiger partial charge is 0.493 e. The molecule has 6 nitrogen and oxygen atoms in total.